The van der Waals surface area contributed by atoms with Gasteiger partial charge in [-0.05, 0) is 51.4 Å². The summed E-state index contributed by atoms with van der Waals surface area (Å²) in [4.78, 5) is 24.9. The van der Waals surface area contributed by atoms with Gasteiger partial charge in [0.1, 0.15) is 6.61 Å². The molecule has 0 saturated carbocycles. The number of esters is 2. The van der Waals surface area contributed by atoms with Crippen LogP contribution in [0.4, 0.5) is 0 Å². The van der Waals surface area contributed by atoms with Gasteiger partial charge in [0.15, 0.2) is 6.10 Å². The van der Waals surface area contributed by atoms with Crippen molar-refractivity contribution >= 4 is 11.9 Å². The lowest BCUT2D eigenvalue weighted by Crippen LogP contribution is -2.30. The number of carbonyl (C=O) groups is 2. The Morgan fingerprint density at radius 1 is 0.523 bits per heavy atom. The molecule has 0 N–H and O–H groups in total. The van der Waals surface area contributed by atoms with E-state index >= 15 is 0 Å². The third-order valence-corrected chi connectivity index (χ3v) is 7.69. The zero-order valence-corrected chi connectivity index (χ0v) is 29.2. The number of unbranched alkanes of at least 4 members (excludes halogenated alkanes) is 16. The van der Waals surface area contributed by atoms with Crippen LogP contribution in [0.2, 0.25) is 0 Å². The molecule has 256 valence electrons. The molecule has 0 aliphatic carbocycles. The second kappa shape index (κ2) is 35.6. The summed E-state index contributed by atoms with van der Waals surface area (Å²) in [5, 5.41) is 0. The lowest BCUT2D eigenvalue weighted by molar-refractivity contribution is -0.163. The van der Waals surface area contributed by atoms with Gasteiger partial charge in [0.05, 0.1) is 6.61 Å². The topological polar surface area (TPSA) is 61.8 Å². The van der Waals surface area contributed by atoms with Crippen molar-refractivity contribution in [3.05, 3.63) is 36.5 Å². The van der Waals surface area contributed by atoms with Crippen LogP contribution in [-0.4, -0.2) is 37.9 Å². The molecule has 0 aromatic heterocycles. The van der Waals surface area contributed by atoms with E-state index < -0.39 is 6.10 Å². The smallest absolute Gasteiger partial charge is 0.306 e. The number of hydrogen-bond acceptors (Lipinski definition) is 5. The molecule has 1 atom stereocenters. The molecule has 0 bridgehead atoms. The first kappa shape index (κ1) is 42.1. The molecular formula is C39H70O5. The Morgan fingerprint density at radius 2 is 1.02 bits per heavy atom. The zero-order chi connectivity index (χ0) is 32.2. The van der Waals surface area contributed by atoms with E-state index in [0.29, 0.717) is 19.4 Å². The monoisotopic (exact) mass is 619 g/mol. The SMILES string of the molecule is CC/C=C\C/C=C\C/C=C\CCCCCC(=O)OCC(COCCCCCCCCCC)OC(=O)CCCCCCCCC. The minimum absolute atomic E-state index is 0.0729. The third-order valence-electron chi connectivity index (χ3n) is 7.69. The van der Waals surface area contributed by atoms with Crippen LogP contribution in [0.1, 0.15) is 175 Å². The Kier molecular flexibility index (Phi) is 34.1. The minimum Gasteiger partial charge on any atom is -0.462 e. The summed E-state index contributed by atoms with van der Waals surface area (Å²) < 4.78 is 17.1. The Balaban J connectivity index is 4.23. The van der Waals surface area contributed by atoms with Gasteiger partial charge in [-0.1, -0.05) is 147 Å². The molecule has 5 heteroatoms. The van der Waals surface area contributed by atoms with Crippen LogP contribution in [0.3, 0.4) is 0 Å². The van der Waals surface area contributed by atoms with Gasteiger partial charge in [-0.3, -0.25) is 9.59 Å². The van der Waals surface area contributed by atoms with Crippen molar-refractivity contribution in [2.75, 3.05) is 19.8 Å². The van der Waals surface area contributed by atoms with Crippen LogP contribution in [0.15, 0.2) is 36.5 Å². The third kappa shape index (κ3) is 33.0. The van der Waals surface area contributed by atoms with E-state index in [1.807, 2.05) is 0 Å². The predicted molar refractivity (Wildman–Crippen MR) is 187 cm³/mol. The highest BCUT2D eigenvalue weighted by Crippen LogP contribution is 2.12. The van der Waals surface area contributed by atoms with Crippen molar-refractivity contribution in [2.45, 2.75) is 181 Å². The van der Waals surface area contributed by atoms with E-state index in [1.54, 1.807) is 0 Å². The van der Waals surface area contributed by atoms with Crippen LogP contribution in [0.25, 0.3) is 0 Å². The molecule has 1 unspecified atom stereocenters. The van der Waals surface area contributed by atoms with E-state index in [2.05, 4.69) is 57.2 Å². The van der Waals surface area contributed by atoms with Gasteiger partial charge < -0.3 is 14.2 Å². The molecule has 0 saturated heterocycles. The van der Waals surface area contributed by atoms with Crippen LogP contribution in [0.5, 0.6) is 0 Å². The fourth-order valence-corrected chi connectivity index (χ4v) is 4.93. The molecule has 0 aliphatic heterocycles. The van der Waals surface area contributed by atoms with Crippen LogP contribution < -0.4 is 0 Å². The number of ether oxygens (including phenoxy) is 3. The fourth-order valence-electron chi connectivity index (χ4n) is 4.93. The average molecular weight is 619 g/mol. The van der Waals surface area contributed by atoms with E-state index in [9.17, 15) is 9.59 Å². The number of hydrogen-bond donors (Lipinski definition) is 0. The normalized spacial score (nSPS) is 12.5. The maximum absolute atomic E-state index is 12.5. The largest absolute Gasteiger partial charge is 0.462 e. The Morgan fingerprint density at radius 3 is 1.64 bits per heavy atom. The first-order valence-electron chi connectivity index (χ1n) is 18.5. The number of allylic oxidation sites excluding steroid dienone is 6. The maximum Gasteiger partial charge on any atom is 0.306 e. The van der Waals surface area contributed by atoms with Crippen molar-refractivity contribution in [3.63, 3.8) is 0 Å². The molecule has 0 heterocycles. The summed E-state index contributed by atoms with van der Waals surface area (Å²) in [5.74, 6) is -0.439. The summed E-state index contributed by atoms with van der Waals surface area (Å²) >= 11 is 0. The molecule has 44 heavy (non-hydrogen) atoms. The molecule has 0 aliphatic rings. The molecule has 0 rings (SSSR count). The second-order valence-electron chi connectivity index (χ2n) is 12.1. The molecule has 0 aromatic rings. The van der Waals surface area contributed by atoms with Gasteiger partial charge in [0.2, 0.25) is 0 Å². The van der Waals surface area contributed by atoms with Gasteiger partial charge >= 0.3 is 11.9 Å². The molecule has 0 spiro atoms. The highest BCUT2D eigenvalue weighted by atomic mass is 16.6. The van der Waals surface area contributed by atoms with E-state index in [4.69, 9.17) is 14.2 Å². The Hall–Kier alpha value is -1.88. The average Bonchev–Trinajstić information content (AvgIpc) is 3.02. The Bertz CT molecular complexity index is 711. The van der Waals surface area contributed by atoms with Gasteiger partial charge in [0, 0.05) is 19.4 Å². The highest BCUT2D eigenvalue weighted by Gasteiger charge is 2.17. The minimum atomic E-state index is -0.535. The molecule has 5 nitrogen and oxygen atoms in total. The summed E-state index contributed by atoms with van der Waals surface area (Å²) in [6.45, 7) is 7.62. The van der Waals surface area contributed by atoms with Gasteiger partial charge in [-0.25, -0.2) is 0 Å². The van der Waals surface area contributed by atoms with E-state index in [1.165, 1.54) is 70.6 Å². The van der Waals surface area contributed by atoms with Gasteiger partial charge in [-0.2, -0.15) is 0 Å². The summed E-state index contributed by atoms with van der Waals surface area (Å²) in [6, 6.07) is 0. The molecular weight excluding hydrogens is 548 g/mol. The van der Waals surface area contributed by atoms with Crippen molar-refractivity contribution in [2.24, 2.45) is 0 Å². The van der Waals surface area contributed by atoms with Crippen molar-refractivity contribution in [3.8, 4) is 0 Å². The maximum atomic E-state index is 12.5. The fraction of sp³-hybridized carbons (Fsp3) is 0.795. The lowest BCUT2D eigenvalue weighted by atomic mass is 10.1. The summed E-state index contributed by atoms with van der Waals surface area (Å²) in [6.07, 6.45) is 38.6. The molecule has 0 amide bonds. The molecule has 0 aromatic carbocycles. The predicted octanol–water partition coefficient (Wildman–Crippen LogP) is 11.5. The lowest BCUT2D eigenvalue weighted by Gasteiger charge is -2.18. The zero-order valence-electron chi connectivity index (χ0n) is 29.2. The van der Waals surface area contributed by atoms with E-state index in [0.717, 1.165) is 70.6 Å². The van der Waals surface area contributed by atoms with E-state index in [-0.39, 0.29) is 25.2 Å². The van der Waals surface area contributed by atoms with Crippen LogP contribution in [-0.2, 0) is 23.8 Å². The first-order chi connectivity index (χ1) is 21.6. The standard InChI is InChI=1S/C39H70O5/c1-4-7-10-13-16-18-19-20-21-22-24-26-29-32-38(40)43-36-37(35-42-34-31-28-25-17-14-11-8-5-2)44-39(41)33-30-27-23-15-12-9-6-3/h7,10,16,18,20-21,37H,4-6,8-9,11-15,17,19,22-36H2,1-3H3/b10-7-,18-16-,21-20-. The molecule has 0 fully saturated rings. The quantitative estimate of drug-likeness (QED) is 0.0416. The number of rotatable bonds is 33. The van der Waals surface area contributed by atoms with Crippen molar-refractivity contribution in [1.29, 1.82) is 0 Å². The summed E-state index contributed by atoms with van der Waals surface area (Å²) in [7, 11) is 0. The van der Waals surface area contributed by atoms with Crippen LogP contribution in [0, 0.1) is 0 Å². The molecule has 0 radical (unpaired) electrons. The Labute approximate surface area is 272 Å². The van der Waals surface area contributed by atoms with Gasteiger partial charge in [0.25, 0.3) is 0 Å². The van der Waals surface area contributed by atoms with Crippen molar-refractivity contribution < 1.29 is 23.8 Å². The number of carbonyl (C=O) groups excluding carboxylic acids is 2. The summed E-state index contributed by atoms with van der Waals surface area (Å²) in [5.41, 5.74) is 0. The first-order valence-corrected chi connectivity index (χ1v) is 18.5. The van der Waals surface area contributed by atoms with Crippen LogP contribution >= 0.6 is 0 Å². The second-order valence-corrected chi connectivity index (χ2v) is 12.1. The van der Waals surface area contributed by atoms with Gasteiger partial charge in [-0.15, -0.1) is 0 Å². The van der Waals surface area contributed by atoms with Crippen molar-refractivity contribution in [1.82, 2.24) is 0 Å². The highest BCUT2D eigenvalue weighted by molar-refractivity contribution is 5.70.